The van der Waals surface area contributed by atoms with Gasteiger partial charge in [0, 0.05) is 34.8 Å². The maximum absolute atomic E-state index is 14.0. The first-order valence-corrected chi connectivity index (χ1v) is 14.2. The summed E-state index contributed by atoms with van der Waals surface area (Å²) in [6.45, 7) is 4.68. The number of carbonyl (C=O) groups is 3. The van der Waals surface area contributed by atoms with Crippen LogP contribution in [-0.4, -0.2) is 63.5 Å². The fourth-order valence-electron chi connectivity index (χ4n) is 6.37. The summed E-state index contributed by atoms with van der Waals surface area (Å²) in [7, 11) is 0. The summed E-state index contributed by atoms with van der Waals surface area (Å²) < 4.78 is 4.76. The molecule has 0 radical (unpaired) electrons. The second-order valence-electron chi connectivity index (χ2n) is 10.1. The average Bonchev–Trinajstić information content (AvgIpc) is 3.49. The third-order valence-corrected chi connectivity index (χ3v) is 10.2. The number of aliphatic hydroxyl groups is 1. The van der Waals surface area contributed by atoms with Gasteiger partial charge >= 0.3 is 0 Å². The molecule has 2 aromatic rings. The third-order valence-electron chi connectivity index (χ3n) is 7.90. The molecule has 10 heteroatoms. The van der Waals surface area contributed by atoms with Crippen molar-refractivity contribution in [2.75, 3.05) is 30.4 Å². The predicted molar refractivity (Wildman–Crippen MR) is 148 cm³/mol. The minimum Gasteiger partial charge on any atom is -0.494 e. The van der Waals surface area contributed by atoms with Gasteiger partial charge in [0.15, 0.2) is 0 Å². The fourth-order valence-corrected chi connectivity index (χ4v) is 8.92. The van der Waals surface area contributed by atoms with E-state index in [1.165, 1.54) is 0 Å². The number of nitrogens with zero attached hydrogens (tertiary/aromatic N) is 1. The molecule has 8 nitrogen and oxygen atoms in total. The van der Waals surface area contributed by atoms with Crippen LogP contribution in [0.1, 0.15) is 26.7 Å². The molecule has 3 unspecified atom stereocenters. The van der Waals surface area contributed by atoms with Crippen LogP contribution in [0.5, 0.6) is 5.75 Å². The number of ether oxygens (including phenoxy) is 1. The molecule has 3 fully saturated rings. The van der Waals surface area contributed by atoms with E-state index >= 15 is 0 Å². The summed E-state index contributed by atoms with van der Waals surface area (Å²) in [6.07, 6.45) is 1.10. The number of halogens is 1. The van der Waals surface area contributed by atoms with E-state index < -0.39 is 22.6 Å². The number of hydrogen-bond donors (Lipinski definition) is 3. The van der Waals surface area contributed by atoms with Crippen LogP contribution in [0.2, 0.25) is 5.02 Å². The monoisotopic (exact) mass is 557 g/mol. The first-order valence-electron chi connectivity index (χ1n) is 13.0. The number of rotatable bonds is 9. The standard InChI is InChI=1S/C28H32ClN3O5S/c1-3-37-20-11-9-19(10-12-20)30-25(34)22-21-15-16(2)28(38-21)23(22)27(36)32(13-4-14-33)24(28)26(35)31-18-7-5-17(29)6-8-18/h5-12,16,21-24,33H,3-4,13-15H2,1-2H3,(H,30,34)(H,31,35)/t16?,21-,22+,23+,24?,28?/m1/s1. The minimum absolute atomic E-state index is 0.0565. The van der Waals surface area contributed by atoms with Gasteiger partial charge in [-0.25, -0.2) is 0 Å². The zero-order valence-corrected chi connectivity index (χ0v) is 22.9. The number of amides is 3. The van der Waals surface area contributed by atoms with Gasteiger partial charge in [0.25, 0.3) is 0 Å². The van der Waals surface area contributed by atoms with Gasteiger partial charge in [-0.1, -0.05) is 18.5 Å². The quantitative estimate of drug-likeness (QED) is 0.429. The van der Waals surface area contributed by atoms with Gasteiger partial charge in [-0.2, -0.15) is 0 Å². The maximum Gasteiger partial charge on any atom is 0.248 e. The highest BCUT2D eigenvalue weighted by atomic mass is 35.5. The largest absolute Gasteiger partial charge is 0.494 e. The van der Waals surface area contributed by atoms with E-state index in [-0.39, 0.29) is 42.0 Å². The summed E-state index contributed by atoms with van der Waals surface area (Å²) in [4.78, 5) is 43.0. The van der Waals surface area contributed by atoms with Crippen molar-refractivity contribution < 1.29 is 24.2 Å². The molecule has 3 heterocycles. The van der Waals surface area contributed by atoms with Gasteiger partial charge in [-0.15, -0.1) is 11.8 Å². The van der Waals surface area contributed by atoms with Crippen molar-refractivity contribution in [3.63, 3.8) is 0 Å². The predicted octanol–water partition coefficient (Wildman–Crippen LogP) is 4.04. The number of hydrogen-bond acceptors (Lipinski definition) is 6. The van der Waals surface area contributed by atoms with Crippen molar-refractivity contribution in [2.45, 2.75) is 42.7 Å². The number of likely N-dealkylation sites (tertiary alicyclic amines) is 1. The smallest absolute Gasteiger partial charge is 0.248 e. The lowest BCUT2D eigenvalue weighted by molar-refractivity contribution is -0.138. The van der Waals surface area contributed by atoms with Crippen LogP contribution in [0.25, 0.3) is 0 Å². The van der Waals surface area contributed by atoms with E-state index in [9.17, 15) is 19.5 Å². The topological polar surface area (TPSA) is 108 Å². The second kappa shape index (κ2) is 10.8. The van der Waals surface area contributed by atoms with Gasteiger partial charge in [0.2, 0.25) is 17.7 Å². The van der Waals surface area contributed by atoms with Gasteiger partial charge in [0.05, 0.1) is 23.2 Å². The number of fused-ring (bicyclic) bond motifs is 1. The molecule has 3 aliphatic heterocycles. The van der Waals surface area contributed by atoms with Crippen LogP contribution in [0.4, 0.5) is 11.4 Å². The van der Waals surface area contributed by atoms with Crippen molar-refractivity contribution in [2.24, 2.45) is 17.8 Å². The van der Waals surface area contributed by atoms with Crippen LogP contribution in [0, 0.1) is 17.8 Å². The lowest BCUT2D eigenvalue weighted by Gasteiger charge is -2.38. The lowest BCUT2D eigenvalue weighted by atomic mass is 9.66. The summed E-state index contributed by atoms with van der Waals surface area (Å²) in [5.74, 6) is -1.09. The van der Waals surface area contributed by atoms with E-state index in [2.05, 4.69) is 17.6 Å². The van der Waals surface area contributed by atoms with E-state index in [0.29, 0.717) is 35.2 Å². The van der Waals surface area contributed by atoms with Gasteiger partial charge < -0.3 is 25.4 Å². The maximum atomic E-state index is 14.0. The normalized spacial score (nSPS) is 29.3. The molecule has 3 aliphatic rings. The van der Waals surface area contributed by atoms with Crippen molar-refractivity contribution in [3.8, 4) is 5.75 Å². The second-order valence-corrected chi connectivity index (χ2v) is 12.1. The molecule has 0 saturated carbocycles. The SMILES string of the molecule is CCOc1ccc(NC(=O)[C@@H]2[C@H]3C(=O)N(CCCO)C(C(=O)Nc4ccc(Cl)cc4)C34S[C@@H]2CC4C)cc1. The molecule has 3 N–H and O–H groups in total. The molecule has 38 heavy (non-hydrogen) atoms. The molecule has 3 saturated heterocycles. The molecule has 0 aliphatic carbocycles. The molecular weight excluding hydrogens is 526 g/mol. The number of benzene rings is 2. The van der Waals surface area contributed by atoms with Crippen LogP contribution in [0.15, 0.2) is 48.5 Å². The Morgan fingerprint density at radius 2 is 1.74 bits per heavy atom. The summed E-state index contributed by atoms with van der Waals surface area (Å²) >= 11 is 7.62. The summed E-state index contributed by atoms with van der Waals surface area (Å²) in [5, 5.41) is 16.0. The third kappa shape index (κ3) is 4.54. The minimum atomic E-state index is -0.754. The fraction of sp³-hybridized carbons (Fsp3) is 0.464. The zero-order chi connectivity index (χ0) is 27.0. The molecule has 2 bridgehead atoms. The van der Waals surface area contributed by atoms with Crippen LogP contribution in [-0.2, 0) is 14.4 Å². The lowest BCUT2D eigenvalue weighted by Crippen LogP contribution is -2.54. The van der Waals surface area contributed by atoms with Crippen molar-refractivity contribution in [1.82, 2.24) is 4.90 Å². The molecule has 3 amide bonds. The van der Waals surface area contributed by atoms with E-state index in [4.69, 9.17) is 16.3 Å². The van der Waals surface area contributed by atoms with Crippen molar-refractivity contribution in [3.05, 3.63) is 53.6 Å². The first-order chi connectivity index (χ1) is 18.3. The van der Waals surface area contributed by atoms with E-state index in [0.717, 1.165) is 6.42 Å². The van der Waals surface area contributed by atoms with Gasteiger partial charge in [-0.3, -0.25) is 14.4 Å². The van der Waals surface area contributed by atoms with Crippen LogP contribution >= 0.6 is 23.4 Å². The molecule has 5 rings (SSSR count). The Labute approximate surface area is 231 Å². The first kappa shape index (κ1) is 26.8. The zero-order valence-electron chi connectivity index (χ0n) is 21.4. The number of carbonyl (C=O) groups excluding carboxylic acids is 3. The Balaban J connectivity index is 1.44. The van der Waals surface area contributed by atoms with E-state index in [1.807, 2.05) is 6.92 Å². The van der Waals surface area contributed by atoms with Gasteiger partial charge in [-0.05, 0) is 74.2 Å². The van der Waals surface area contributed by atoms with Gasteiger partial charge in [0.1, 0.15) is 11.8 Å². The number of nitrogens with one attached hydrogen (secondary N) is 2. The summed E-state index contributed by atoms with van der Waals surface area (Å²) in [6, 6.07) is 13.3. The Hall–Kier alpha value is -2.75. The summed E-state index contributed by atoms with van der Waals surface area (Å²) in [5.41, 5.74) is 1.22. The molecule has 6 atom stereocenters. The average molecular weight is 558 g/mol. The van der Waals surface area contributed by atoms with E-state index in [1.54, 1.807) is 65.2 Å². The Morgan fingerprint density at radius 3 is 2.37 bits per heavy atom. The molecule has 0 aromatic heterocycles. The highest BCUT2D eigenvalue weighted by Gasteiger charge is 2.75. The highest BCUT2D eigenvalue weighted by Crippen LogP contribution is 2.68. The number of thioether (sulfide) groups is 1. The molecule has 2 aromatic carbocycles. The molecular formula is C28H32ClN3O5S. The molecule has 202 valence electrons. The van der Waals surface area contributed by atoms with Crippen LogP contribution < -0.4 is 15.4 Å². The van der Waals surface area contributed by atoms with Crippen molar-refractivity contribution >= 4 is 52.5 Å². The number of aliphatic hydroxyl groups excluding tert-OH is 1. The molecule has 1 spiro atoms. The highest BCUT2D eigenvalue weighted by molar-refractivity contribution is 8.02. The Morgan fingerprint density at radius 1 is 1.11 bits per heavy atom. The van der Waals surface area contributed by atoms with Crippen molar-refractivity contribution in [1.29, 1.82) is 0 Å². The number of anilines is 2. The Bertz CT molecular complexity index is 1210. The van der Waals surface area contributed by atoms with Crippen LogP contribution in [0.3, 0.4) is 0 Å². The Kier molecular flexibility index (Phi) is 7.62.